The van der Waals surface area contributed by atoms with Gasteiger partial charge in [0.05, 0.1) is 6.20 Å². The Bertz CT molecular complexity index is 465. The molecule has 2 rings (SSSR count). The van der Waals surface area contributed by atoms with Gasteiger partial charge in [-0.25, -0.2) is 0 Å². The number of phenols is 1. The third-order valence-corrected chi connectivity index (χ3v) is 2.33. The lowest BCUT2D eigenvalue weighted by Gasteiger charge is -2.03. The normalized spacial score (nSPS) is 10.6. The molecule has 1 heterocycles. The van der Waals surface area contributed by atoms with Gasteiger partial charge in [0.2, 0.25) is 0 Å². The molecule has 1 aromatic carbocycles. The van der Waals surface area contributed by atoms with Crippen molar-refractivity contribution in [1.29, 1.82) is 0 Å². The first-order valence-corrected chi connectivity index (χ1v) is 5.20. The first-order chi connectivity index (χ1) is 7.74. The topological polar surface area (TPSA) is 50.1 Å². The van der Waals surface area contributed by atoms with Crippen molar-refractivity contribution in [2.45, 2.75) is 13.1 Å². The van der Waals surface area contributed by atoms with E-state index in [1.165, 1.54) is 0 Å². The number of phenolic OH excluding ortho intramolecular Hbond substituents is 1. The quantitative estimate of drug-likeness (QED) is 0.814. The smallest absolute Gasteiger partial charge is 0.115 e. The lowest BCUT2D eigenvalue weighted by atomic mass is 10.2. The summed E-state index contributed by atoms with van der Waals surface area (Å²) in [5.74, 6) is 0.306. The molecule has 0 radical (unpaired) electrons. The average molecular weight is 217 g/mol. The molecule has 0 atom stereocenters. The van der Waals surface area contributed by atoms with Crippen LogP contribution < -0.4 is 5.32 Å². The fourth-order valence-corrected chi connectivity index (χ4v) is 1.58. The molecule has 0 saturated heterocycles. The Hall–Kier alpha value is -1.81. The summed E-state index contributed by atoms with van der Waals surface area (Å²) in [7, 11) is 1.90. The van der Waals surface area contributed by atoms with E-state index in [1.54, 1.807) is 16.8 Å². The molecule has 0 aliphatic carbocycles. The standard InChI is InChI=1S/C12H15N3O/c1-15-9-11(8-14-15)7-13-6-10-3-2-4-12(16)5-10/h2-5,8-9,13,16H,6-7H2,1H3. The van der Waals surface area contributed by atoms with Crippen LogP contribution in [0.15, 0.2) is 36.7 Å². The fraction of sp³-hybridized carbons (Fsp3) is 0.250. The van der Waals surface area contributed by atoms with E-state index in [4.69, 9.17) is 0 Å². The van der Waals surface area contributed by atoms with Crippen LogP contribution >= 0.6 is 0 Å². The first-order valence-electron chi connectivity index (χ1n) is 5.20. The van der Waals surface area contributed by atoms with Gasteiger partial charge in [0.1, 0.15) is 5.75 Å². The van der Waals surface area contributed by atoms with Crippen LogP contribution in [0.2, 0.25) is 0 Å². The summed E-state index contributed by atoms with van der Waals surface area (Å²) in [6.07, 6.45) is 3.82. The fourth-order valence-electron chi connectivity index (χ4n) is 1.58. The molecule has 0 spiro atoms. The van der Waals surface area contributed by atoms with Crippen LogP contribution in [-0.2, 0) is 20.1 Å². The Kier molecular flexibility index (Phi) is 3.22. The molecule has 0 aliphatic heterocycles. The Morgan fingerprint density at radius 3 is 2.81 bits per heavy atom. The van der Waals surface area contributed by atoms with Gasteiger partial charge >= 0.3 is 0 Å². The zero-order valence-electron chi connectivity index (χ0n) is 9.22. The molecular weight excluding hydrogens is 202 g/mol. The highest BCUT2D eigenvalue weighted by atomic mass is 16.3. The molecule has 0 fully saturated rings. The van der Waals surface area contributed by atoms with Crippen LogP contribution in [0.1, 0.15) is 11.1 Å². The predicted molar refractivity (Wildman–Crippen MR) is 61.9 cm³/mol. The highest BCUT2D eigenvalue weighted by molar-refractivity contribution is 5.26. The van der Waals surface area contributed by atoms with Crippen LogP contribution in [-0.4, -0.2) is 14.9 Å². The molecule has 84 valence electrons. The van der Waals surface area contributed by atoms with Crippen molar-refractivity contribution >= 4 is 0 Å². The molecule has 0 bridgehead atoms. The predicted octanol–water partition coefficient (Wildman–Crippen LogP) is 1.42. The van der Waals surface area contributed by atoms with Crippen molar-refractivity contribution in [3.63, 3.8) is 0 Å². The molecule has 2 aromatic rings. The van der Waals surface area contributed by atoms with E-state index in [0.717, 1.165) is 24.2 Å². The minimum atomic E-state index is 0.306. The summed E-state index contributed by atoms with van der Waals surface area (Å²) in [6.45, 7) is 1.52. The van der Waals surface area contributed by atoms with E-state index < -0.39 is 0 Å². The van der Waals surface area contributed by atoms with Crippen LogP contribution in [0.25, 0.3) is 0 Å². The summed E-state index contributed by atoms with van der Waals surface area (Å²) >= 11 is 0. The van der Waals surface area contributed by atoms with Crippen LogP contribution in [0.3, 0.4) is 0 Å². The van der Waals surface area contributed by atoms with Crippen molar-refractivity contribution in [2.24, 2.45) is 7.05 Å². The second-order valence-corrected chi connectivity index (χ2v) is 3.80. The molecule has 4 heteroatoms. The second kappa shape index (κ2) is 4.81. The molecule has 16 heavy (non-hydrogen) atoms. The molecule has 0 aliphatic rings. The summed E-state index contributed by atoms with van der Waals surface area (Å²) in [6, 6.07) is 7.26. The molecule has 0 unspecified atom stereocenters. The number of benzene rings is 1. The van der Waals surface area contributed by atoms with Crippen molar-refractivity contribution < 1.29 is 5.11 Å². The summed E-state index contributed by atoms with van der Waals surface area (Å²) in [5.41, 5.74) is 2.23. The SMILES string of the molecule is Cn1cc(CNCc2cccc(O)c2)cn1. The van der Waals surface area contributed by atoms with Gasteiger partial charge in [-0.05, 0) is 17.7 Å². The number of nitrogens with zero attached hydrogens (tertiary/aromatic N) is 2. The van der Waals surface area contributed by atoms with Gasteiger partial charge < -0.3 is 10.4 Å². The monoisotopic (exact) mass is 217 g/mol. The van der Waals surface area contributed by atoms with Gasteiger partial charge in [0, 0.05) is 31.9 Å². The third kappa shape index (κ3) is 2.84. The largest absolute Gasteiger partial charge is 0.508 e. The molecule has 0 amide bonds. The molecule has 2 N–H and O–H groups in total. The van der Waals surface area contributed by atoms with Gasteiger partial charge in [-0.15, -0.1) is 0 Å². The van der Waals surface area contributed by atoms with Crippen molar-refractivity contribution in [3.05, 3.63) is 47.8 Å². The zero-order valence-corrected chi connectivity index (χ0v) is 9.22. The first kappa shape index (κ1) is 10.7. The molecular formula is C12H15N3O. The maximum absolute atomic E-state index is 9.29. The number of aromatic hydroxyl groups is 1. The number of hydrogen-bond donors (Lipinski definition) is 2. The van der Waals surface area contributed by atoms with Gasteiger partial charge in [-0.2, -0.15) is 5.10 Å². The Balaban J connectivity index is 1.84. The van der Waals surface area contributed by atoms with Gasteiger partial charge in [-0.1, -0.05) is 12.1 Å². The van der Waals surface area contributed by atoms with Crippen LogP contribution in [0.5, 0.6) is 5.75 Å². The van der Waals surface area contributed by atoms with Gasteiger partial charge in [0.25, 0.3) is 0 Å². The second-order valence-electron chi connectivity index (χ2n) is 3.80. The zero-order chi connectivity index (χ0) is 11.4. The summed E-state index contributed by atoms with van der Waals surface area (Å²) in [4.78, 5) is 0. The number of aromatic nitrogens is 2. The van der Waals surface area contributed by atoms with E-state index >= 15 is 0 Å². The minimum absolute atomic E-state index is 0.306. The van der Waals surface area contributed by atoms with E-state index in [2.05, 4.69) is 10.4 Å². The van der Waals surface area contributed by atoms with E-state index in [0.29, 0.717) is 5.75 Å². The van der Waals surface area contributed by atoms with E-state index in [1.807, 2.05) is 31.6 Å². The van der Waals surface area contributed by atoms with Crippen LogP contribution in [0.4, 0.5) is 0 Å². The highest BCUT2D eigenvalue weighted by Crippen LogP contribution is 2.10. The minimum Gasteiger partial charge on any atom is -0.508 e. The van der Waals surface area contributed by atoms with Crippen LogP contribution in [0, 0.1) is 0 Å². The average Bonchev–Trinajstić information content (AvgIpc) is 2.64. The van der Waals surface area contributed by atoms with Crippen molar-refractivity contribution in [2.75, 3.05) is 0 Å². The Morgan fingerprint density at radius 1 is 1.31 bits per heavy atom. The number of hydrogen-bond acceptors (Lipinski definition) is 3. The number of rotatable bonds is 4. The summed E-state index contributed by atoms with van der Waals surface area (Å²) < 4.78 is 1.78. The van der Waals surface area contributed by atoms with E-state index in [9.17, 15) is 5.11 Å². The van der Waals surface area contributed by atoms with Gasteiger partial charge in [-0.3, -0.25) is 4.68 Å². The highest BCUT2D eigenvalue weighted by Gasteiger charge is 1.97. The number of aryl methyl sites for hydroxylation is 1. The lowest BCUT2D eigenvalue weighted by molar-refractivity contribution is 0.474. The van der Waals surface area contributed by atoms with E-state index in [-0.39, 0.29) is 0 Å². The molecule has 1 aromatic heterocycles. The van der Waals surface area contributed by atoms with Gasteiger partial charge in [0.15, 0.2) is 0 Å². The Labute approximate surface area is 94.5 Å². The lowest BCUT2D eigenvalue weighted by Crippen LogP contribution is -2.12. The number of nitrogens with one attached hydrogen (secondary N) is 1. The molecule has 0 saturated carbocycles. The van der Waals surface area contributed by atoms with Crippen molar-refractivity contribution in [3.8, 4) is 5.75 Å². The maximum Gasteiger partial charge on any atom is 0.115 e. The maximum atomic E-state index is 9.29. The Morgan fingerprint density at radius 2 is 2.12 bits per heavy atom. The summed E-state index contributed by atoms with van der Waals surface area (Å²) in [5, 5.41) is 16.7. The molecule has 4 nitrogen and oxygen atoms in total. The van der Waals surface area contributed by atoms with Crippen molar-refractivity contribution in [1.82, 2.24) is 15.1 Å². The third-order valence-electron chi connectivity index (χ3n) is 2.33.